The maximum absolute atomic E-state index is 12.7. The van der Waals surface area contributed by atoms with Crippen molar-refractivity contribution in [2.24, 2.45) is 0 Å². The van der Waals surface area contributed by atoms with Crippen molar-refractivity contribution in [3.63, 3.8) is 0 Å². The van der Waals surface area contributed by atoms with Crippen molar-refractivity contribution in [3.8, 4) is 22.8 Å². The third-order valence-electron chi connectivity index (χ3n) is 4.15. The fourth-order valence-corrected chi connectivity index (χ4v) is 2.85. The Morgan fingerprint density at radius 3 is 2.89 bits per heavy atom. The molecule has 1 aromatic heterocycles. The van der Waals surface area contributed by atoms with Gasteiger partial charge in [-0.2, -0.15) is 0 Å². The Labute approximate surface area is 152 Å². The molecule has 2 heterocycles. The largest absolute Gasteiger partial charge is 0.495 e. The Balaban J connectivity index is 1.67. The number of anilines is 1. The van der Waals surface area contributed by atoms with E-state index in [2.05, 4.69) is 10.5 Å². The van der Waals surface area contributed by atoms with Crippen molar-refractivity contribution < 1.29 is 23.7 Å². The van der Waals surface area contributed by atoms with Crippen LogP contribution in [-0.2, 0) is 6.61 Å². The normalized spacial score (nSPS) is 11.7. The van der Waals surface area contributed by atoms with Gasteiger partial charge in [-0.3, -0.25) is 14.9 Å². The third-order valence-corrected chi connectivity index (χ3v) is 4.15. The molecule has 0 saturated carbocycles. The van der Waals surface area contributed by atoms with Gasteiger partial charge in [0.1, 0.15) is 18.1 Å². The first-order chi connectivity index (χ1) is 13.1. The highest BCUT2D eigenvalue weighted by molar-refractivity contribution is 6.05. The summed E-state index contributed by atoms with van der Waals surface area (Å²) in [6.45, 7) is 0.130. The number of fused-ring (bicyclic) bond motifs is 3. The molecule has 4 rings (SSSR count). The van der Waals surface area contributed by atoms with E-state index in [1.165, 1.54) is 25.3 Å². The van der Waals surface area contributed by atoms with E-state index < -0.39 is 10.8 Å². The molecule has 136 valence electrons. The van der Waals surface area contributed by atoms with Crippen LogP contribution in [0.2, 0.25) is 0 Å². The Kier molecular flexibility index (Phi) is 3.96. The Morgan fingerprint density at radius 2 is 2.11 bits per heavy atom. The number of nitro benzene ring substituents is 1. The summed E-state index contributed by atoms with van der Waals surface area (Å²) in [6, 6.07) is 11.2. The lowest BCUT2D eigenvalue weighted by molar-refractivity contribution is -0.384. The lowest BCUT2D eigenvalue weighted by Gasteiger charge is -2.16. The monoisotopic (exact) mass is 367 g/mol. The lowest BCUT2D eigenvalue weighted by atomic mass is 10.0. The molecule has 2 aromatic carbocycles. The zero-order chi connectivity index (χ0) is 19.0. The molecule has 1 aliphatic heterocycles. The number of hydrogen-bond acceptors (Lipinski definition) is 7. The molecule has 9 heteroatoms. The number of ether oxygens (including phenoxy) is 2. The molecule has 0 bridgehead atoms. The first kappa shape index (κ1) is 16.6. The van der Waals surface area contributed by atoms with Crippen LogP contribution in [0.4, 0.5) is 11.4 Å². The highest BCUT2D eigenvalue weighted by Gasteiger charge is 2.29. The summed E-state index contributed by atoms with van der Waals surface area (Å²) < 4.78 is 16.2. The summed E-state index contributed by atoms with van der Waals surface area (Å²) in [7, 11) is 1.40. The fourth-order valence-electron chi connectivity index (χ4n) is 2.85. The van der Waals surface area contributed by atoms with Gasteiger partial charge in [0.05, 0.1) is 28.8 Å². The maximum atomic E-state index is 12.7. The molecule has 1 amide bonds. The first-order valence-electron chi connectivity index (χ1n) is 7.93. The summed E-state index contributed by atoms with van der Waals surface area (Å²) in [5, 5.41) is 17.4. The number of nitro groups is 1. The average Bonchev–Trinajstić information content (AvgIpc) is 3.12. The molecule has 1 aliphatic rings. The number of hydrogen-bond donors (Lipinski definition) is 1. The Morgan fingerprint density at radius 1 is 1.30 bits per heavy atom. The van der Waals surface area contributed by atoms with Crippen LogP contribution in [-0.4, -0.2) is 23.1 Å². The number of carbonyl (C=O) groups excluding carboxylic acids is 1. The van der Waals surface area contributed by atoms with Crippen LogP contribution in [0.1, 0.15) is 16.1 Å². The number of rotatable bonds is 4. The van der Waals surface area contributed by atoms with E-state index >= 15 is 0 Å². The van der Waals surface area contributed by atoms with E-state index in [-0.39, 0.29) is 29.4 Å². The topological polar surface area (TPSA) is 117 Å². The van der Waals surface area contributed by atoms with Crippen LogP contribution in [0.25, 0.3) is 11.3 Å². The van der Waals surface area contributed by atoms with Gasteiger partial charge in [0.25, 0.3) is 11.6 Å². The molecule has 0 unspecified atom stereocenters. The zero-order valence-electron chi connectivity index (χ0n) is 14.1. The molecule has 27 heavy (non-hydrogen) atoms. The van der Waals surface area contributed by atoms with Crippen LogP contribution < -0.4 is 14.8 Å². The summed E-state index contributed by atoms with van der Waals surface area (Å²) in [6.07, 6.45) is 0. The van der Waals surface area contributed by atoms with Gasteiger partial charge in [-0.25, -0.2) is 0 Å². The smallest absolute Gasteiger partial charge is 0.278 e. The van der Waals surface area contributed by atoms with Crippen LogP contribution >= 0.6 is 0 Å². The highest BCUT2D eigenvalue weighted by atomic mass is 16.6. The Hall–Kier alpha value is -3.88. The minimum absolute atomic E-state index is 0.0491. The van der Waals surface area contributed by atoms with Crippen molar-refractivity contribution in [1.29, 1.82) is 0 Å². The summed E-state index contributed by atoms with van der Waals surface area (Å²) in [5.41, 5.74) is 1.25. The SMILES string of the molecule is COc1ccc([N+](=O)[O-])cc1NC(=O)c1noc2c1COc1ccccc1-2. The third kappa shape index (κ3) is 2.84. The minimum atomic E-state index is -0.582. The number of benzene rings is 2. The number of non-ortho nitro benzene ring substituents is 1. The second kappa shape index (κ2) is 6.45. The molecule has 1 N–H and O–H groups in total. The van der Waals surface area contributed by atoms with Crippen LogP contribution in [0.15, 0.2) is 47.0 Å². The van der Waals surface area contributed by atoms with Crippen LogP contribution in [0, 0.1) is 10.1 Å². The van der Waals surface area contributed by atoms with Gasteiger partial charge in [-0.05, 0) is 18.2 Å². The molecular weight excluding hydrogens is 354 g/mol. The average molecular weight is 367 g/mol. The summed E-state index contributed by atoms with van der Waals surface area (Å²) in [4.78, 5) is 23.1. The number of nitrogens with zero attached hydrogens (tertiary/aromatic N) is 2. The van der Waals surface area contributed by atoms with Crippen LogP contribution in [0.3, 0.4) is 0 Å². The predicted molar refractivity (Wildman–Crippen MR) is 93.9 cm³/mol. The molecular formula is C18H13N3O6. The number of aromatic nitrogens is 1. The van der Waals surface area contributed by atoms with Gasteiger partial charge < -0.3 is 19.3 Å². The van der Waals surface area contributed by atoms with E-state index in [1.54, 1.807) is 6.07 Å². The van der Waals surface area contributed by atoms with Gasteiger partial charge >= 0.3 is 0 Å². The lowest BCUT2D eigenvalue weighted by Crippen LogP contribution is -2.17. The molecule has 3 aromatic rings. The standard InChI is InChI=1S/C18H13N3O6/c1-25-15-7-6-10(21(23)24)8-13(15)19-18(22)16-12-9-26-14-5-3-2-4-11(14)17(12)27-20-16/h2-8H,9H2,1H3,(H,19,22). The summed E-state index contributed by atoms with van der Waals surface area (Å²) >= 11 is 0. The maximum Gasteiger partial charge on any atom is 0.278 e. The molecule has 0 atom stereocenters. The second-order valence-electron chi connectivity index (χ2n) is 5.72. The molecule has 9 nitrogen and oxygen atoms in total. The molecule has 0 fully saturated rings. The number of methoxy groups -OCH3 is 1. The van der Waals surface area contributed by atoms with E-state index in [9.17, 15) is 14.9 Å². The van der Waals surface area contributed by atoms with E-state index in [1.807, 2.05) is 18.2 Å². The number of para-hydroxylation sites is 1. The molecule has 0 radical (unpaired) electrons. The van der Waals surface area contributed by atoms with Crippen LogP contribution in [0.5, 0.6) is 11.5 Å². The minimum Gasteiger partial charge on any atom is -0.495 e. The van der Waals surface area contributed by atoms with E-state index in [0.717, 1.165) is 0 Å². The van der Waals surface area contributed by atoms with E-state index in [0.29, 0.717) is 22.6 Å². The Bertz CT molecular complexity index is 1060. The molecule has 0 aliphatic carbocycles. The van der Waals surface area contributed by atoms with Crippen molar-refractivity contribution in [2.45, 2.75) is 6.61 Å². The van der Waals surface area contributed by atoms with Crippen molar-refractivity contribution >= 4 is 17.3 Å². The number of carbonyl (C=O) groups is 1. The molecule has 0 spiro atoms. The van der Waals surface area contributed by atoms with Crippen molar-refractivity contribution in [2.75, 3.05) is 12.4 Å². The fraction of sp³-hybridized carbons (Fsp3) is 0.111. The second-order valence-corrected chi connectivity index (χ2v) is 5.72. The van der Waals surface area contributed by atoms with E-state index in [4.69, 9.17) is 14.0 Å². The van der Waals surface area contributed by atoms with Crippen molar-refractivity contribution in [1.82, 2.24) is 5.16 Å². The first-order valence-corrected chi connectivity index (χ1v) is 7.93. The number of amides is 1. The molecule has 0 saturated heterocycles. The highest BCUT2D eigenvalue weighted by Crippen LogP contribution is 2.39. The van der Waals surface area contributed by atoms with Gasteiger partial charge in [0.2, 0.25) is 0 Å². The quantitative estimate of drug-likeness (QED) is 0.555. The van der Waals surface area contributed by atoms with Crippen molar-refractivity contribution in [3.05, 3.63) is 63.8 Å². The van der Waals surface area contributed by atoms with Gasteiger partial charge in [0, 0.05) is 12.1 Å². The van der Waals surface area contributed by atoms with Gasteiger partial charge in [-0.1, -0.05) is 17.3 Å². The predicted octanol–water partition coefficient (Wildman–Crippen LogP) is 3.40. The zero-order valence-corrected chi connectivity index (χ0v) is 14.1. The van der Waals surface area contributed by atoms with Gasteiger partial charge in [-0.15, -0.1) is 0 Å². The summed E-state index contributed by atoms with van der Waals surface area (Å²) in [5.74, 6) is 0.816. The van der Waals surface area contributed by atoms with Gasteiger partial charge in [0.15, 0.2) is 11.5 Å². The number of nitrogens with one attached hydrogen (secondary N) is 1.